The third-order valence-corrected chi connectivity index (χ3v) is 2.64. The number of aliphatic hydroxyl groups excluding tert-OH is 1. The zero-order chi connectivity index (χ0) is 15.8. The van der Waals surface area contributed by atoms with Gasteiger partial charge < -0.3 is 14.9 Å². The Kier molecular flexibility index (Phi) is 6.35. The summed E-state index contributed by atoms with van der Waals surface area (Å²) in [5, 5.41) is 18.2. The second kappa shape index (κ2) is 8.01. The Bertz CT molecular complexity index is 501. The van der Waals surface area contributed by atoms with Gasteiger partial charge in [0, 0.05) is 5.56 Å². The van der Waals surface area contributed by atoms with Crippen molar-refractivity contribution in [2.75, 3.05) is 13.2 Å². The van der Waals surface area contributed by atoms with Crippen LogP contribution in [0.15, 0.2) is 30.3 Å². The van der Waals surface area contributed by atoms with Gasteiger partial charge in [0.1, 0.15) is 0 Å². The van der Waals surface area contributed by atoms with E-state index in [0.29, 0.717) is 11.3 Å². The first-order valence-electron chi connectivity index (χ1n) is 6.42. The molecule has 2 N–H and O–H groups in total. The molecule has 0 aromatic heterocycles. The van der Waals surface area contributed by atoms with Gasteiger partial charge in [-0.25, -0.2) is 14.5 Å². The van der Waals surface area contributed by atoms with Crippen molar-refractivity contribution in [3.05, 3.63) is 35.9 Å². The molecule has 21 heavy (non-hydrogen) atoms. The maximum Gasteiger partial charge on any atom is 0.417 e. The maximum absolute atomic E-state index is 12.3. The van der Waals surface area contributed by atoms with Crippen LogP contribution in [-0.2, 0) is 9.53 Å². The Hall–Kier alpha value is -2.41. The number of carbonyl (C=O) groups excluding carboxylic acids is 2. The van der Waals surface area contributed by atoms with Gasteiger partial charge in [-0.3, -0.25) is 4.79 Å². The van der Waals surface area contributed by atoms with Crippen molar-refractivity contribution in [1.29, 1.82) is 0 Å². The molecule has 0 heterocycles. The average Bonchev–Trinajstić information content (AvgIpc) is 2.49. The number of imide groups is 1. The summed E-state index contributed by atoms with van der Waals surface area (Å²) in [6, 6.07) is 6.03. The smallest absolute Gasteiger partial charge is 0.417 e. The van der Waals surface area contributed by atoms with Crippen molar-refractivity contribution >= 4 is 18.0 Å². The highest BCUT2D eigenvalue weighted by Gasteiger charge is 2.36. The van der Waals surface area contributed by atoms with Gasteiger partial charge in [-0.1, -0.05) is 25.1 Å². The van der Waals surface area contributed by atoms with Gasteiger partial charge in [-0.2, -0.15) is 0 Å². The first-order valence-corrected chi connectivity index (χ1v) is 6.42. The highest BCUT2D eigenvalue weighted by atomic mass is 16.6. The molecule has 1 aromatic carbocycles. The Morgan fingerprint density at radius 1 is 1.24 bits per heavy atom. The SMILES string of the molecule is CCCOC(=O)N(C(=O)c1ccccc1)C(CO)C(=O)O. The van der Waals surface area contributed by atoms with Crippen molar-refractivity contribution in [1.82, 2.24) is 4.90 Å². The highest BCUT2D eigenvalue weighted by molar-refractivity contribution is 6.05. The van der Waals surface area contributed by atoms with Crippen LogP contribution in [0.1, 0.15) is 23.7 Å². The van der Waals surface area contributed by atoms with Gasteiger partial charge in [0.25, 0.3) is 5.91 Å². The average molecular weight is 295 g/mol. The number of ether oxygens (including phenoxy) is 1. The van der Waals surface area contributed by atoms with Crippen LogP contribution in [-0.4, -0.2) is 52.3 Å². The Morgan fingerprint density at radius 3 is 2.33 bits per heavy atom. The summed E-state index contributed by atoms with van der Waals surface area (Å²) in [5.74, 6) is -2.33. The van der Waals surface area contributed by atoms with Crippen LogP contribution in [0.4, 0.5) is 4.79 Å². The minimum absolute atomic E-state index is 0.0508. The normalized spacial score (nSPS) is 11.5. The number of aliphatic hydroxyl groups is 1. The monoisotopic (exact) mass is 295 g/mol. The van der Waals surface area contributed by atoms with E-state index in [1.165, 1.54) is 12.1 Å². The molecule has 0 bridgehead atoms. The molecule has 1 aromatic rings. The predicted molar refractivity (Wildman–Crippen MR) is 72.8 cm³/mol. The molecular formula is C14H17NO6. The number of rotatable bonds is 6. The Morgan fingerprint density at radius 2 is 1.86 bits per heavy atom. The molecule has 0 aliphatic carbocycles. The molecule has 7 nitrogen and oxygen atoms in total. The van der Waals surface area contributed by atoms with Gasteiger partial charge >= 0.3 is 12.1 Å². The molecule has 7 heteroatoms. The second-order valence-corrected chi connectivity index (χ2v) is 4.19. The molecule has 0 radical (unpaired) electrons. The lowest BCUT2D eigenvalue weighted by atomic mass is 10.1. The molecule has 0 fully saturated rings. The lowest BCUT2D eigenvalue weighted by Gasteiger charge is -2.25. The van der Waals surface area contributed by atoms with Crippen molar-refractivity contribution < 1.29 is 29.3 Å². The minimum atomic E-state index is -1.69. The molecular weight excluding hydrogens is 278 g/mol. The summed E-state index contributed by atoms with van der Waals surface area (Å²) in [7, 11) is 0. The number of hydrogen-bond acceptors (Lipinski definition) is 5. The lowest BCUT2D eigenvalue weighted by molar-refractivity contribution is -0.143. The number of hydrogen-bond donors (Lipinski definition) is 2. The molecule has 2 amide bonds. The van der Waals surface area contributed by atoms with Crippen LogP contribution in [0.2, 0.25) is 0 Å². The van der Waals surface area contributed by atoms with Crippen LogP contribution >= 0.6 is 0 Å². The highest BCUT2D eigenvalue weighted by Crippen LogP contribution is 2.11. The molecule has 1 rings (SSSR count). The predicted octanol–water partition coefficient (Wildman–Crippen LogP) is 1.12. The fourth-order valence-corrected chi connectivity index (χ4v) is 1.60. The summed E-state index contributed by atoms with van der Waals surface area (Å²) in [5.41, 5.74) is 0.130. The molecule has 0 saturated heterocycles. The maximum atomic E-state index is 12.3. The number of carboxylic acids is 1. The van der Waals surface area contributed by atoms with Crippen molar-refractivity contribution in [3.63, 3.8) is 0 Å². The largest absolute Gasteiger partial charge is 0.480 e. The van der Waals surface area contributed by atoms with E-state index in [1.54, 1.807) is 25.1 Å². The number of carboxylic acid groups (broad SMARTS) is 1. The Labute approximate surface area is 121 Å². The van der Waals surface area contributed by atoms with Gasteiger partial charge in [0.05, 0.1) is 13.2 Å². The van der Waals surface area contributed by atoms with E-state index in [1.807, 2.05) is 0 Å². The zero-order valence-corrected chi connectivity index (χ0v) is 11.6. The van der Waals surface area contributed by atoms with E-state index >= 15 is 0 Å². The third kappa shape index (κ3) is 4.28. The van der Waals surface area contributed by atoms with Crippen molar-refractivity contribution in [2.24, 2.45) is 0 Å². The molecule has 0 aliphatic rings. The number of benzene rings is 1. The zero-order valence-electron chi connectivity index (χ0n) is 11.6. The van der Waals surface area contributed by atoms with Gasteiger partial charge in [-0.15, -0.1) is 0 Å². The third-order valence-electron chi connectivity index (χ3n) is 2.64. The van der Waals surface area contributed by atoms with Crippen LogP contribution in [0.25, 0.3) is 0 Å². The summed E-state index contributed by atoms with van der Waals surface area (Å²) in [6.07, 6.45) is -0.567. The van der Waals surface area contributed by atoms with E-state index in [9.17, 15) is 14.4 Å². The van der Waals surface area contributed by atoms with E-state index in [0.717, 1.165) is 0 Å². The standard InChI is InChI=1S/C14H17NO6/c1-2-8-21-14(20)15(11(9-16)13(18)19)12(17)10-6-4-3-5-7-10/h3-7,11,16H,2,8-9H2,1H3,(H,18,19). The second-order valence-electron chi connectivity index (χ2n) is 4.19. The molecule has 0 spiro atoms. The van der Waals surface area contributed by atoms with E-state index in [4.69, 9.17) is 14.9 Å². The molecule has 114 valence electrons. The van der Waals surface area contributed by atoms with Gasteiger partial charge in [-0.05, 0) is 18.6 Å². The van der Waals surface area contributed by atoms with Crippen LogP contribution in [0.3, 0.4) is 0 Å². The molecule has 0 saturated carbocycles. The quantitative estimate of drug-likeness (QED) is 0.815. The Balaban J connectivity index is 3.09. The first-order chi connectivity index (χ1) is 10.0. The fourth-order valence-electron chi connectivity index (χ4n) is 1.60. The number of aliphatic carboxylic acids is 1. The van der Waals surface area contributed by atoms with Gasteiger partial charge in [0.15, 0.2) is 6.04 Å². The van der Waals surface area contributed by atoms with Gasteiger partial charge in [0.2, 0.25) is 0 Å². The van der Waals surface area contributed by atoms with Crippen LogP contribution < -0.4 is 0 Å². The summed E-state index contributed by atoms with van der Waals surface area (Å²) >= 11 is 0. The van der Waals surface area contributed by atoms with Crippen LogP contribution in [0, 0.1) is 0 Å². The molecule has 1 atom stereocenters. The summed E-state index contributed by atoms with van der Waals surface area (Å²) < 4.78 is 4.82. The number of amides is 2. The van der Waals surface area contributed by atoms with E-state index in [2.05, 4.69) is 0 Å². The van der Waals surface area contributed by atoms with Crippen molar-refractivity contribution in [3.8, 4) is 0 Å². The summed E-state index contributed by atoms with van der Waals surface area (Å²) in [4.78, 5) is 35.8. The fraction of sp³-hybridized carbons (Fsp3) is 0.357. The number of nitrogens with zero attached hydrogens (tertiary/aromatic N) is 1. The minimum Gasteiger partial charge on any atom is -0.480 e. The van der Waals surface area contributed by atoms with E-state index < -0.39 is 30.6 Å². The van der Waals surface area contributed by atoms with Crippen molar-refractivity contribution in [2.45, 2.75) is 19.4 Å². The summed E-state index contributed by atoms with van der Waals surface area (Å²) in [6.45, 7) is 0.918. The topological polar surface area (TPSA) is 104 Å². The number of carbonyl (C=O) groups is 3. The van der Waals surface area contributed by atoms with Crippen LogP contribution in [0.5, 0.6) is 0 Å². The first kappa shape index (κ1) is 16.6. The van der Waals surface area contributed by atoms with E-state index in [-0.39, 0.29) is 12.2 Å². The molecule has 1 unspecified atom stereocenters. The lowest BCUT2D eigenvalue weighted by Crippen LogP contribution is -2.50. The molecule has 0 aliphatic heterocycles.